The van der Waals surface area contributed by atoms with Crippen LogP contribution in [0, 0.1) is 0 Å². The summed E-state index contributed by atoms with van der Waals surface area (Å²) in [6, 6.07) is 11.3. The Labute approximate surface area is 123 Å². The van der Waals surface area contributed by atoms with Crippen molar-refractivity contribution in [2.75, 3.05) is 31.6 Å². The average molecular weight is 287 g/mol. The third-order valence-electron chi connectivity index (χ3n) is 3.61. The molecule has 0 radical (unpaired) electrons. The van der Waals surface area contributed by atoms with Crippen molar-refractivity contribution in [2.45, 2.75) is 6.54 Å². The second kappa shape index (κ2) is 6.56. The number of furan rings is 1. The van der Waals surface area contributed by atoms with Gasteiger partial charge in [0.25, 0.3) is 5.91 Å². The molecule has 1 amide bonds. The number of hydrogen-bond donors (Lipinski definition) is 2. The number of ether oxygens (including phenoxy) is 1. The molecule has 1 aromatic carbocycles. The van der Waals surface area contributed by atoms with Gasteiger partial charge in [-0.3, -0.25) is 4.79 Å². The first-order chi connectivity index (χ1) is 10.3. The zero-order valence-electron chi connectivity index (χ0n) is 11.8. The monoisotopic (exact) mass is 287 g/mol. The molecular formula is C16H19N2O3+. The number of anilines is 1. The molecule has 0 aliphatic carbocycles. The first-order valence-corrected chi connectivity index (χ1v) is 7.16. The quantitative estimate of drug-likeness (QED) is 0.880. The maximum absolute atomic E-state index is 11.9. The Morgan fingerprint density at radius 1 is 1.14 bits per heavy atom. The zero-order valence-corrected chi connectivity index (χ0v) is 11.8. The van der Waals surface area contributed by atoms with Crippen molar-refractivity contribution >= 4 is 11.6 Å². The summed E-state index contributed by atoms with van der Waals surface area (Å²) in [5.41, 5.74) is 2.04. The van der Waals surface area contributed by atoms with Gasteiger partial charge in [-0.2, -0.15) is 0 Å². The predicted octanol–water partition coefficient (Wildman–Crippen LogP) is 0.947. The Kier molecular flexibility index (Phi) is 4.33. The lowest BCUT2D eigenvalue weighted by Gasteiger charge is -2.23. The molecule has 1 saturated heterocycles. The summed E-state index contributed by atoms with van der Waals surface area (Å²) in [4.78, 5) is 13.4. The highest BCUT2D eigenvalue weighted by Gasteiger charge is 2.14. The highest BCUT2D eigenvalue weighted by Crippen LogP contribution is 2.11. The fraction of sp³-hybridized carbons (Fsp3) is 0.312. The molecule has 2 N–H and O–H groups in total. The highest BCUT2D eigenvalue weighted by atomic mass is 16.5. The third kappa shape index (κ3) is 3.71. The highest BCUT2D eigenvalue weighted by molar-refractivity contribution is 6.02. The Morgan fingerprint density at radius 3 is 2.57 bits per heavy atom. The predicted molar refractivity (Wildman–Crippen MR) is 78.3 cm³/mol. The fourth-order valence-corrected chi connectivity index (χ4v) is 2.43. The third-order valence-corrected chi connectivity index (χ3v) is 3.61. The first kappa shape index (κ1) is 13.9. The van der Waals surface area contributed by atoms with Crippen LogP contribution in [-0.2, 0) is 11.3 Å². The fourth-order valence-electron chi connectivity index (χ4n) is 2.43. The lowest BCUT2D eigenvalue weighted by molar-refractivity contribution is -0.921. The number of benzene rings is 1. The topological polar surface area (TPSA) is 55.9 Å². The van der Waals surface area contributed by atoms with Crippen LogP contribution in [0.3, 0.4) is 0 Å². The van der Waals surface area contributed by atoms with Crippen LogP contribution >= 0.6 is 0 Å². The van der Waals surface area contributed by atoms with Gasteiger partial charge in [0.2, 0.25) is 0 Å². The Hall–Kier alpha value is -2.11. The van der Waals surface area contributed by atoms with Gasteiger partial charge in [0.15, 0.2) is 5.76 Å². The van der Waals surface area contributed by atoms with Gasteiger partial charge in [0.05, 0.1) is 19.5 Å². The molecule has 3 rings (SSSR count). The summed E-state index contributed by atoms with van der Waals surface area (Å²) in [6.07, 6.45) is 1.49. The molecule has 0 saturated carbocycles. The number of carbonyl (C=O) groups excluding carboxylic acids is 1. The summed E-state index contributed by atoms with van der Waals surface area (Å²) in [5.74, 6) is 0.0865. The largest absolute Gasteiger partial charge is 0.459 e. The van der Waals surface area contributed by atoms with Crippen molar-refractivity contribution in [2.24, 2.45) is 0 Å². The summed E-state index contributed by atoms with van der Waals surface area (Å²) >= 11 is 0. The van der Waals surface area contributed by atoms with E-state index in [2.05, 4.69) is 17.4 Å². The number of hydrogen-bond acceptors (Lipinski definition) is 3. The Morgan fingerprint density at radius 2 is 1.90 bits per heavy atom. The van der Waals surface area contributed by atoms with Crippen LogP contribution in [0.2, 0.25) is 0 Å². The molecule has 0 atom stereocenters. The minimum atomic E-state index is -0.230. The van der Waals surface area contributed by atoms with E-state index in [1.807, 2.05) is 12.1 Å². The molecular weight excluding hydrogens is 268 g/mol. The smallest absolute Gasteiger partial charge is 0.291 e. The second-order valence-electron chi connectivity index (χ2n) is 5.17. The van der Waals surface area contributed by atoms with Crippen molar-refractivity contribution < 1.29 is 18.8 Å². The minimum Gasteiger partial charge on any atom is -0.459 e. The molecule has 1 aliphatic rings. The van der Waals surface area contributed by atoms with E-state index >= 15 is 0 Å². The van der Waals surface area contributed by atoms with Crippen LogP contribution in [0.1, 0.15) is 16.1 Å². The van der Waals surface area contributed by atoms with Crippen LogP contribution in [-0.4, -0.2) is 32.2 Å². The van der Waals surface area contributed by atoms with E-state index in [9.17, 15) is 4.79 Å². The zero-order chi connectivity index (χ0) is 14.5. The molecule has 5 heteroatoms. The standard InChI is InChI=1S/C16H18N2O3/c19-16(15-2-1-9-21-15)17-14-5-3-13(4-6-14)12-18-7-10-20-11-8-18/h1-6,9H,7-8,10-12H2,(H,17,19)/p+1. The molecule has 0 bridgehead atoms. The van der Waals surface area contributed by atoms with Gasteiger partial charge in [-0.15, -0.1) is 0 Å². The molecule has 21 heavy (non-hydrogen) atoms. The molecule has 5 nitrogen and oxygen atoms in total. The Bertz CT molecular complexity index is 572. The lowest BCUT2D eigenvalue weighted by atomic mass is 10.2. The van der Waals surface area contributed by atoms with Crippen LogP contribution in [0.15, 0.2) is 47.1 Å². The summed E-state index contributed by atoms with van der Waals surface area (Å²) in [7, 11) is 0. The summed E-state index contributed by atoms with van der Waals surface area (Å²) in [6.45, 7) is 4.78. The van der Waals surface area contributed by atoms with Crippen LogP contribution in [0.4, 0.5) is 5.69 Å². The molecule has 1 fully saturated rings. The van der Waals surface area contributed by atoms with Crippen molar-refractivity contribution in [1.82, 2.24) is 0 Å². The van der Waals surface area contributed by atoms with Crippen molar-refractivity contribution in [3.8, 4) is 0 Å². The van der Waals surface area contributed by atoms with Crippen LogP contribution < -0.4 is 10.2 Å². The molecule has 2 heterocycles. The maximum atomic E-state index is 11.9. The molecule has 0 spiro atoms. The van der Waals surface area contributed by atoms with E-state index in [-0.39, 0.29) is 5.91 Å². The number of rotatable bonds is 4. The molecule has 0 unspecified atom stereocenters. The number of morpholine rings is 1. The van der Waals surface area contributed by atoms with Crippen molar-refractivity contribution in [3.63, 3.8) is 0 Å². The number of quaternary nitrogens is 1. The molecule has 2 aromatic rings. The van der Waals surface area contributed by atoms with E-state index in [4.69, 9.17) is 9.15 Å². The van der Waals surface area contributed by atoms with Crippen LogP contribution in [0.25, 0.3) is 0 Å². The van der Waals surface area contributed by atoms with E-state index < -0.39 is 0 Å². The molecule has 110 valence electrons. The normalized spacial score (nSPS) is 15.8. The van der Waals surface area contributed by atoms with Crippen molar-refractivity contribution in [1.29, 1.82) is 0 Å². The number of amides is 1. The Balaban J connectivity index is 1.57. The van der Waals surface area contributed by atoms with Crippen molar-refractivity contribution in [3.05, 3.63) is 54.0 Å². The summed E-state index contributed by atoms with van der Waals surface area (Å²) in [5, 5.41) is 2.82. The number of nitrogens with one attached hydrogen (secondary N) is 2. The summed E-state index contributed by atoms with van der Waals surface area (Å²) < 4.78 is 10.4. The van der Waals surface area contributed by atoms with Gasteiger partial charge in [0, 0.05) is 11.3 Å². The first-order valence-electron chi connectivity index (χ1n) is 7.16. The van der Waals surface area contributed by atoms with Gasteiger partial charge in [-0.05, 0) is 24.3 Å². The van der Waals surface area contributed by atoms with Gasteiger partial charge >= 0.3 is 0 Å². The molecule has 1 aliphatic heterocycles. The van der Waals surface area contributed by atoms with E-state index in [0.29, 0.717) is 5.76 Å². The van der Waals surface area contributed by atoms with E-state index in [1.165, 1.54) is 16.7 Å². The number of carbonyl (C=O) groups is 1. The maximum Gasteiger partial charge on any atom is 0.291 e. The van der Waals surface area contributed by atoms with Gasteiger partial charge in [-0.25, -0.2) is 0 Å². The lowest BCUT2D eigenvalue weighted by Crippen LogP contribution is -3.12. The van der Waals surface area contributed by atoms with Gasteiger partial charge in [-0.1, -0.05) is 12.1 Å². The van der Waals surface area contributed by atoms with Crippen LogP contribution in [0.5, 0.6) is 0 Å². The SMILES string of the molecule is O=C(Nc1ccc(C[NH+]2CCOCC2)cc1)c1ccco1. The van der Waals surface area contributed by atoms with E-state index in [1.54, 1.807) is 12.1 Å². The average Bonchev–Trinajstić information content (AvgIpc) is 3.05. The second-order valence-corrected chi connectivity index (χ2v) is 5.17. The molecule has 1 aromatic heterocycles. The van der Waals surface area contributed by atoms with Gasteiger partial charge < -0.3 is 19.4 Å². The van der Waals surface area contributed by atoms with Gasteiger partial charge in [0.1, 0.15) is 19.6 Å². The minimum absolute atomic E-state index is 0.230. The van der Waals surface area contributed by atoms with E-state index in [0.717, 1.165) is 38.5 Å².